The molecule has 0 unspecified atom stereocenters. The van der Waals surface area contributed by atoms with Crippen molar-refractivity contribution < 1.29 is 0 Å². The molecule has 1 aromatic carbocycles. The van der Waals surface area contributed by atoms with E-state index in [4.69, 9.17) is 0 Å². The molecule has 0 aliphatic rings. The molecule has 2 rings (SSSR count). The van der Waals surface area contributed by atoms with Gasteiger partial charge in [-0.1, -0.05) is 28.1 Å². The van der Waals surface area contributed by atoms with Gasteiger partial charge in [0.05, 0.1) is 0 Å². The predicted molar refractivity (Wildman–Crippen MR) is 70.6 cm³/mol. The number of rotatable bonds is 1. The van der Waals surface area contributed by atoms with E-state index in [2.05, 4.69) is 57.8 Å². The molecule has 2 aromatic rings. The highest BCUT2D eigenvalue weighted by molar-refractivity contribution is 9.11. The summed E-state index contributed by atoms with van der Waals surface area (Å²) in [7, 11) is 0. The molecule has 0 spiro atoms. The Labute approximate surface area is 113 Å². The Hall–Kier alpha value is -0.260. The minimum atomic E-state index is 0.692. The SMILES string of the molecule is Brc1cccc(-c2nc(Br)cc(Br)n2)c1. The van der Waals surface area contributed by atoms with E-state index in [1.165, 1.54) is 0 Å². The summed E-state index contributed by atoms with van der Waals surface area (Å²) in [6.45, 7) is 0. The largest absolute Gasteiger partial charge is 0.221 e. The lowest BCUT2D eigenvalue weighted by molar-refractivity contribution is 1.12. The van der Waals surface area contributed by atoms with Crippen LogP contribution in [-0.4, -0.2) is 9.97 Å². The van der Waals surface area contributed by atoms with Crippen molar-refractivity contribution in [3.8, 4) is 11.4 Å². The van der Waals surface area contributed by atoms with E-state index in [0.29, 0.717) is 5.82 Å². The van der Waals surface area contributed by atoms with Crippen molar-refractivity contribution in [2.45, 2.75) is 0 Å². The van der Waals surface area contributed by atoms with Gasteiger partial charge in [0.25, 0.3) is 0 Å². The van der Waals surface area contributed by atoms with E-state index >= 15 is 0 Å². The molecule has 0 N–H and O–H groups in total. The van der Waals surface area contributed by atoms with Gasteiger partial charge in [-0.25, -0.2) is 9.97 Å². The van der Waals surface area contributed by atoms with Crippen LogP contribution in [0.3, 0.4) is 0 Å². The predicted octanol–water partition coefficient (Wildman–Crippen LogP) is 4.43. The monoisotopic (exact) mass is 390 g/mol. The first-order chi connectivity index (χ1) is 7.15. The van der Waals surface area contributed by atoms with Gasteiger partial charge in [-0.15, -0.1) is 0 Å². The highest BCUT2D eigenvalue weighted by atomic mass is 79.9. The molecule has 76 valence electrons. The third kappa shape index (κ3) is 2.86. The molecule has 0 radical (unpaired) electrons. The second-order valence-electron chi connectivity index (χ2n) is 2.85. The minimum Gasteiger partial charge on any atom is -0.221 e. The van der Waals surface area contributed by atoms with E-state index in [1.807, 2.05) is 30.3 Å². The molecule has 0 fully saturated rings. The second-order valence-corrected chi connectivity index (χ2v) is 5.39. The minimum absolute atomic E-state index is 0.692. The molecule has 5 heteroatoms. The van der Waals surface area contributed by atoms with Crippen molar-refractivity contribution in [2.75, 3.05) is 0 Å². The summed E-state index contributed by atoms with van der Waals surface area (Å²) in [5.74, 6) is 0.692. The topological polar surface area (TPSA) is 25.8 Å². The van der Waals surface area contributed by atoms with Crippen LogP contribution < -0.4 is 0 Å². The van der Waals surface area contributed by atoms with E-state index in [1.54, 1.807) is 0 Å². The van der Waals surface area contributed by atoms with E-state index in [-0.39, 0.29) is 0 Å². The molecular formula is C10H5Br3N2. The van der Waals surface area contributed by atoms with Crippen LogP contribution in [0.5, 0.6) is 0 Å². The molecule has 0 aliphatic heterocycles. The van der Waals surface area contributed by atoms with Crippen molar-refractivity contribution in [1.82, 2.24) is 9.97 Å². The van der Waals surface area contributed by atoms with Gasteiger partial charge in [-0.05, 0) is 44.0 Å². The van der Waals surface area contributed by atoms with Crippen molar-refractivity contribution in [3.05, 3.63) is 44.0 Å². The third-order valence-corrected chi connectivity index (χ3v) is 3.05. The van der Waals surface area contributed by atoms with Crippen LogP contribution in [0.2, 0.25) is 0 Å². The Morgan fingerprint density at radius 1 is 0.867 bits per heavy atom. The zero-order chi connectivity index (χ0) is 10.8. The number of halogens is 3. The van der Waals surface area contributed by atoms with Crippen LogP contribution in [0, 0.1) is 0 Å². The number of aromatic nitrogens is 2. The van der Waals surface area contributed by atoms with Gasteiger partial charge in [0.1, 0.15) is 9.21 Å². The number of benzene rings is 1. The number of hydrogen-bond acceptors (Lipinski definition) is 2. The zero-order valence-corrected chi connectivity index (χ0v) is 12.2. The lowest BCUT2D eigenvalue weighted by Gasteiger charge is -2.01. The van der Waals surface area contributed by atoms with Crippen LogP contribution in [0.15, 0.2) is 44.0 Å². The van der Waals surface area contributed by atoms with Gasteiger partial charge in [-0.3, -0.25) is 0 Å². The maximum Gasteiger partial charge on any atom is 0.161 e. The molecule has 15 heavy (non-hydrogen) atoms. The fourth-order valence-electron chi connectivity index (χ4n) is 1.15. The van der Waals surface area contributed by atoms with Crippen molar-refractivity contribution >= 4 is 47.8 Å². The van der Waals surface area contributed by atoms with Crippen molar-refractivity contribution in [3.63, 3.8) is 0 Å². The lowest BCUT2D eigenvalue weighted by atomic mass is 10.2. The average molecular weight is 393 g/mol. The standard InChI is InChI=1S/C10H5Br3N2/c11-7-3-1-2-6(4-7)10-14-8(12)5-9(13)15-10/h1-5H. The smallest absolute Gasteiger partial charge is 0.161 e. The summed E-state index contributed by atoms with van der Waals surface area (Å²) in [4.78, 5) is 8.60. The highest BCUT2D eigenvalue weighted by Crippen LogP contribution is 2.23. The Bertz CT molecular complexity index is 480. The molecule has 0 saturated carbocycles. The van der Waals surface area contributed by atoms with Gasteiger partial charge >= 0.3 is 0 Å². The van der Waals surface area contributed by atoms with Crippen molar-refractivity contribution in [2.24, 2.45) is 0 Å². The average Bonchev–Trinajstić information content (AvgIpc) is 2.16. The summed E-state index contributed by atoms with van der Waals surface area (Å²) in [5.41, 5.74) is 0.978. The summed E-state index contributed by atoms with van der Waals surface area (Å²) in [6.07, 6.45) is 0. The fourth-order valence-corrected chi connectivity index (χ4v) is 2.62. The zero-order valence-electron chi connectivity index (χ0n) is 7.42. The third-order valence-electron chi connectivity index (χ3n) is 1.75. The van der Waals surface area contributed by atoms with Gasteiger partial charge in [0.2, 0.25) is 0 Å². The van der Waals surface area contributed by atoms with Crippen LogP contribution in [0.25, 0.3) is 11.4 Å². The van der Waals surface area contributed by atoms with Crippen LogP contribution in [0.1, 0.15) is 0 Å². The van der Waals surface area contributed by atoms with Gasteiger partial charge in [0.15, 0.2) is 5.82 Å². The van der Waals surface area contributed by atoms with Crippen LogP contribution in [0.4, 0.5) is 0 Å². The first-order valence-corrected chi connectivity index (χ1v) is 6.49. The number of nitrogens with zero attached hydrogens (tertiary/aromatic N) is 2. The van der Waals surface area contributed by atoms with Gasteiger partial charge in [-0.2, -0.15) is 0 Å². The maximum absolute atomic E-state index is 4.30. The van der Waals surface area contributed by atoms with Crippen molar-refractivity contribution in [1.29, 1.82) is 0 Å². The molecule has 0 amide bonds. The second kappa shape index (κ2) is 4.72. The van der Waals surface area contributed by atoms with E-state index < -0.39 is 0 Å². The Kier molecular flexibility index (Phi) is 3.53. The van der Waals surface area contributed by atoms with Crippen LogP contribution in [-0.2, 0) is 0 Å². The van der Waals surface area contributed by atoms with Crippen LogP contribution >= 0.6 is 47.8 Å². The normalized spacial score (nSPS) is 10.3. The molecule has 2 nitrogen and oxygen atoms in total. The summed E-state index contributed by atoms with van der Waals surface area (Å²) < 4.78 is 2.54. The molecule has 1 aromatic heterocycles. The molecule has 0 saturated heterocycles. The molecular weight excluding hydrogens is 388 g/mol. The lowest BCUT2D eigenvalue weighted by Crippen LogP contribution is -1.90. The number of hydrogen-bond donors (Lipinski definition) is 0. The summed E-state index contributed by atoms with van der Waals surface area (Å²) in [6, 6.07) is 9.68. The maximum atomic E-state index is 4.30. The van der Waals surface area contributed by atoms with E-state index in [9.17, 15) is 0 Å². The summed E-state index contributed by atoms with van der Waals surface area (Å²) in [5, 5.41) is 0. The Morgan fingerprint density at radius 3 is 2.13 bits per heavy atom. The van der Waals surface area contributed by atoms with Gasteiger partial charge in [0, 0.05) is 16.1 Å². The first kappa shape index (κ1) is 11.2. The first-order valence-electron chi connectivity index (χ1n) is 4.11. The van der Waals surface area contributed by atoms with E-state index in [0.717, 1.165) is 19.2 Å². The highest BCUT2D eigenvalue weighted by Gasteiger charge is 2.04. The molecule has 0 atom stereocenters. The molecule has 0 aliphatic carbocycles. The quantitative estimate of drug-likeness (QED) is 0.671. The van der Waals surface area contributed by atoms with Gasteiger partial charge < -0.3 is 0 Å². The Balaban J connectivity index is 2.54. The summed E-state index contributed by atoms with van der Waals surface area (Å²) >= 11 is 10.1. The Morgan fingerprint density at radius 2 is 1.53 bits per heavy atom. The molecule has 0 bridgehead atoms. The molecule has 1 heterocycles. The fraction of sp³-hybridized carbons (Fsp3) is 0.